The molecule has 0 radical (unpaired) electrons. The van der Waals surface area contributed by atoms with Gasteiger partial charge in [-0.3, -0.25) is 4.79 Å². The van der Waals surface area contributed by atoms with Crippen molar-refractivity contribution < 1.29 is 14.7 Å². The molecule has 3 saturated carbocycles. The molecule has 0 spiro atoms. The first-order valence-corrected chi connectivity index (χ1v) is 11.0. The molecule has 4 rings (SSSR count). The smallest absolute Gasteiger partial charge is 0.330 e. The SMILES string of the molecule is C/C(=C\CC[C@H](C)[C@@H]1CCC(=O)[C@H]2CCC3=CCC[C@]4(C)[C@H]([C@@H]12)[C@H]34)C(=O)O. The number of carbonyl (C=O) groups excluding carboxylic acids is 1. The number of aliphatic carboxylic acids is 1. The van der Waals surface area contributed by atoms with Crippen LogP contribution in [0.25, 0.3) is 0 Å². The third-order valence-corrected chi connectivity index (χ3v) is 8.61. The van der Waals surface area contributed by atoms with Crippen LogP contribution in [0.15, 0.2) is 23.3 Å². The molecule has 0 aromatic rings. The minimum atomic E-state index is -0.816. The van der Waals surface area contributed by atoms with Crippen LogP contribution in [-0.4, -0.2) is 16.9 Å². The van der Waals surface area contributed by atoms with E-state index in [1.165, 1.54) is 12.8 Å². The van der Waals surface area contributed by atoms with E-state index in [0.29, 0.717) is 40.4 Å². The van der Waals surface area contributed by atoms with E-state index in [1.54, 1.807) is 12.5 Å². The standard InChI is InChI=1S/C24H34O3/c1-14(6-4-7-15(2)23(26)27)17-11-12-19(25)18-10-9-16-8-5-13-24(3)21(16)22(24)20(17)18/h7-8,14,17-18,20-22H,4-6,9-13H2,1-3H3,(H,26,27)/b15-7+/t14-,17-,18+,20-,21-,22+,24-/m0/s1. The lowest BCUT2D eigenvalue weighted by molar-refractivity contribution is -0.133. The van der Waals surface area contributed by atoms with Crippen LogP contribution in [0.3, 0.4) is 0 Å². The molecule has 4 aliphatic rings. The van der Waals surface area contributed by atoms with E-state index >= 15 is 0 Å². The summed E-state index contributed by atoms with van der Waals surface area (Å²) >= 11 is 0. The minimum Gasteiger partial charge on any atom is -0.478 e. The van der Waals surface area contributed by atoms with Crippen molar-refractivity contribution in [2.24, 2.45) is 40.9 Å². The molecule has 7 atom stereocenters. The Morgan fingerprint density at radius 2 is 2.15 bits per heavy atom. The molecule has 3 heteroatoms. The van der Waals surface area contributed by atoms with Crippen LogP contribution in [0.4, 0.5) is 0 Å². The Morgan fingerprint density at radius 1 is 1.37 bits per heavy atom. The molecule has 148 valence electrons. The van der Waals surface area contributed by atoms with Crippen molar-refractivity contribution in [1.82, 2.24) is 0 Å². The first-order chi connectivity index (χ1) is 12.8. The molecule has 0 aromatic heterocycles. The van der Waals surface area contributed by atoms with Crippen LogP contribution in [0.5, 0.6) is 0 Å². The van der Waals surface area contributed by atoms with Gasteiger partial charge in [-0.25, -0.2) is 4.79 Å². The second kappa shape index (κ2) is 6.90. The first-order valence-electron chi connectivity index (χ1n) is 11.0. The molecule has 0 aliphatic heterocycles. The fourth-order valence-electron chi connectivity index (χ4n) is 7.11. The number of hydrogen-bond acceptors (Lipinski definition) is 2. The Kier molecular flexibility index (Phi) is 4.84. The molecule has 0 heterocycles. The van der Waals surface area contributed by atoms with Gasteiger partial charge < -0.3 is 5.11 Å². The van der Waals surface area contributed by atoms with E-state index in [4.69, 9.17) is 5.11 Å². The van der Waals surface area contributed by atoms with E-state index in [-0.39, 0.29) is 5.92 Å². The molecule has 0 aromatic carbocycles. The van der Waals surface area contributed by atoms with Crippen molar-refractivity contribution in [1.29, 1.82) is 0 Å². The Hall–Kier alpha value is -1.38. The molecule has 0 amide bonds. The van der Waals surface area contributed by atoms with Gasteiger partial charge in [-0.05, 0) is 86.9 Å². The molecule has 0 unspecified atom stereocenters. The molecular weight excluding hydrogens is 336 g/mol. The predicted molar refractivity (Wildman–Crippen MR) is 106 cm³/mol. The van der Waals surface area contributed by atoms with E-state index < -0.39 is 5.97 Å². The van der Waals surface area contributed by atoms with Gasteiger partial charge in [-0.15, -0.1) is 0 Å². The highest BCUT2D eigenvalue weighted by Crippen LogP contribution is 2.74. The van der Waals surface area contributed by atoms with Gasteiger partial charge >= 0.3 is 5.97 Å². The molecule has 4 aliphatic carbocycles. The van der Waals surface area contributed by atoms with E-state index in [2.05, 4.69) is 19.9 Å². The quantitative estimate of drug-likeness (QED) is 0.520. The minimum absolute atomic E-state index is 0.279. The van der Waals surface area contributed by atoms with Gasteiger partial charge in [-0.1, -0.05) is 31.6 Å². The third-order valence-electron chi connectivity index (χ3n) is 8.61. The Labute approximate surface area is 163 Å². The lowest BCUT2D eigenvalue weighted by Crippen LogP contribution is -2.40. The maximum atomic E-state index is 12.8. The van der Waals surface area contributed by atoms with Crippen LogP contribution in [0.1, 0.15) is 72.1 Å². The molecule has 3 fully saturated rings. The molecule has 1 N–H and O–H groups in total. The fraction of sp³-hybridized carbons (Fsp3) is 0.750. The van der Waals surface area contributed by atoms with Crippen LogP contribution in [-0.2, 0) is 9.59 Å². The summed E-state index contributed by atoms with van der Waals surface area (Å²) in [6.45, 7) is 6.51. The summed E-state index contributed by atoms with van der Waals surface area (Å²) in [4.78, 5) is 23.8. The predicted octanol–water partition coefficient (Wildman–Crippen LogP) is 5.41. The van der Waals surface area contributed by atoms with Crippen molar-refractivity contribution in [3.63, 3.8) is 0 Å². The highest BCUT2D eigenvalue weighted by molar-refractivity contribution is 5.85. The molecule has 0 bridgehead atoms. The van der Waals surface area contributed by atoms with Crippen molar-refractivity contribution >= 4 is 11.8 Å². The van der Waals surface area contributed by atoms with Crippen molar-refractivity contribution in [3.05, 3.63) is 23.3 Å². The monoisotopic (exact) mass is 370 g/mol. The topological polar surface area (TPSA) is 54.4 Å². The number of carbonyl (C=O) groups is 2. The zero-order valence-corrected chi connectivity index (χ0v) is 17.0. The number of carboxylic acids is 1. The van der Waals surface area contributed by atoms with Crippen LogP contribution >= 0.6 is 0 Å². The highest BCUT2D eigenvalue weighted by atomic mass is 16.4. The summed E-state index contributed by atoms with van der Waals surface area (Å²) in [5.74, 6) is 3.19. The number of carboxylic acid groups (broad SMARTS) is 1. The molecule has 0 saturated heterocycles. The molecule has 3 nitrogen and oxygen atoms in total. The highest BCUT2D eigenvalue weighted by Gasteiger charge is 2.69. The van der Waals surface area contributed by atoms with Gasteiger partial charge in [0.2, 0.25) is 0 Å². The van der Waals surface area contributed by atoms with E-state index in [1.807, 2.05) is 6.08 Å². The summed E-state index contributed by atoms with van der Waals surface area (Å²) in [6.07, 6.45) is 12.8. The Bertz CT molecular complexity index is 702. The number of hydrogen-bond donors (Lipinski definition) is 1. The number of rotatable bonds is 5. The average Bonchev–Trinajstić information content (AvgIpc) is 3.30. The van der Waals surface area contributed by atoms with Gasteiger partial charge in [0.25, 0.3) is 0 Å². The van der Waals surface area contributed by atoms with Gasteiger partial charge in [0, 0.05) is 17.9 Å². The van der Waals surface area contributed by atoms with Gasteiger partial charge in [0.05, 0.1) is 0 Å². The van der Waals surface area contributed by atoms with Crippen molar-refractivity contribution in [2.75, 3.05) is 0 Å². The zero-order valence-electron chi connectivity index (χ0n) is 17.0. The normalized spacial score (nSPS) is 41.7. The van der Waals surface area contributed by atoms with Crippen molar-refractivity contribution in [2.45, 2.75) is 72.1 Å². The summed E-state index contributed by atoms with van der Waals surface area (Å²) < 4.78 is 0. The number of fused-ring (bicyclic) bond motifs is 3. The van der Waals surface area contributed by atoms with Crippen molar-refractivity contribution in [3.8, 4) is 0 Å². The van der Waals surface area contributed by atoms with Gasteiger partial charge in [-0.2, -0.15) is 0 Å². The zero-order chi connectivity index (χ0) is 19.3. The largest absolute Gasteiger partial charge is 0.478 e. The van der Waals surface area contributed by atoms with Crippen LogP contribution < -0.4 is 0 Å². The number of ketones is 1. The van der Waals surface area contributed by atoms with E-state index in [9.17, 15) is 9.59 Å². The molecular formula is C24H34O3. The summed E-state index contributed by atoms with van der Waals surface area (Å²) in [5.41, 5.74) is 2.56. The lowest BCUT2D eigenvalue weighted by Gasteiger charge is -2.41. The second-order valence-electron chi connectivity index (χ2n) is 9.97. The number of allylic oxidation sites excluding steroid dienone is 3. The lowest BCUT2D eigenvalue weighted by atomic mass is 9.62. The second-order valence-corrected chi connectivity index (χ2v) is 9.97. The third kappa shape index (κ3) is 3.11. The Balaban J connectivity index is 1.53. The summed E-state index contributed by atoms with van der Waals surface area (Å²) in [6, 6.07) is 0. The average molecular weight is 371 g/mol. The summed E-state index contributed by atoms with van der Waals surface area (Å²) in [7, 11) is 0. The molecule has 27 heavy (non-hydrogen) atoms. The first kappa shape index (κ1) is 19.0. The fourth-order valence-corrected chi connectivity index (χ4v) is 7.11. The van der Waals surface area contributed by atoms with Gasteiger partial charge in [0.1, 0.15) is 5.78 Å². The maximum absolute atomic E-state index is 12.8. The Morgan fingerprint density at radius 3 is 2.89 bits per heavy atom. The maximum Gasteiger partial charge on any atom is 0.330 e. The van der Waals surface area contributed by atoms with Crippen LogP contribution in [0, 0.1) is 40.9 Å². The summed E-state index contributed by atoms with van der Waals surface area (Å²) in [5, 5.41) is 9.06. The van der Waals surface area contributed by atoms with Gasteiger partial charge in [0.15, 0.2) is 0 Å². The number of Topliss-reactive ketones (excluding diaryl/α,β-unsaturated/α-hetero) is 1. The van der Waals surface area contributed by atoms with Crippen LogP contribution in [0.2, 0.25) is 0 Å². The van der Waals surface area contributed by atoms with E-state index in [0.717, 1.165) is 44.4 Å².